The standard InChI is InChI=1S/C14H24N2O2/c1-3-12(15)14(13-5-4-9-18-13)16(8-10-17-2)11-6-7-11/h4-5,9,11-12,14H,3,6-8,10,15H2,1-2H3. The summed E-state index contributed by atoms with van der Waals surface area (Å²) in [4.78, 5) is 2.45. The SMILES string of the molecule is CCC(N)C(c1ccco1)N(CCOC)C1CC1. The van der Waals surface area contributed by atoms with Crippen molar-refractivity contribution in [3.63, 3.8) is 0 Å². The first-order valence-corrected chi connectivity index (χ1v) is 6.81. The van der Waals surface area contributed by atoms with Crippen LogP contribution in [0.4, 0.5) is 0 Å². The van der Waals surface area contributed by atoms with Crippen LogP contribution in [0.2, 0.25) is 0 Å². The van der Waals surface area contributed by atoms with Crippen LogP contribution in [0.25, 0.3) is 0 Å². The van der Waals surface area contributed by atoms with Crippen molar-refractivity contribution in [2.45, 2.75) is 44.3 Å². The van der Waals surface area contributed by atoms with E-state index in [2.05, 4.69) is 11.8 Å². The molecule has 4 nitrogen and oxygen atoms in total. The van der Waals surface area contributed by atoms with Crippen LogP contribution in [-0.2, 0) is 4.74 Å². The summed E-state index contributed by atoms with van der Waals surface area (Å²) in [5.41, 5.74) is 6.30. The molecule has 1 aromatic rings. The van der Waals surface area contributed by atoms with Crippen LogP contribution < -0.4 is 5.73 Å². The number of hydrogen-bond donors (Lipinski definition) is 1. The number of nitrogens with zero attached hydrogens (tertiary/aromatic N) is 1. The zero-order chi connectivity index (χ0) is 13.0. The second kappa shape index (κ2) is 6.36. The van der Waals surface area contributed by atoms with Crippen molar-refractivity contribution in [1.82, 2.24) is 4.90 Å². The molecule has 0 aromatic carbocycles. The van der Waals surface area contributed by atoms with Crippen molar-refractivity contribution in [1.29, 1.82) is 0 Å². The molecule has 1 aliphatic rings. The predicted octanol–water partition coefficient (Wildman–Crippen LogP) is 2.17. The molecule has 0 spiro atoms. The van der Waals surface area contributed by atoms with E-state index in [0.29, 0.717) is 6.04 Å². The lowest BCUT2D eigenvalue weighted by molar-refractivity contribution is 0.0908. The molecule has 0 amide bonds. The monoisotopic (exact) mass is 252 g/mol. The maximum absolute atomic E-state index is 6.30. The van der Waals surface area contributed by atoms with Crippen molar-refractivity contribution in [3.05, 3.63) is 24.2 Å². The van der Waals surface area contributed by atoms with Gasteiger partial charge >= 0.3 is 0 Å². The summed E-state index contributed by atoms with van der Waals surface area (Å²) < 4.78 is 10.8. The van der Waals surface area contributed by atoms with Gasteiger partial charge in [-0.2, -0.15) is 0 Å². The number of rotatable bonds is 8. The molecular formula is C14H24N2O2. The molecule has 4 heteroatoms. The Kier molecular flexibility index (Phi) is 4.80. The minimum absolute atomic E-state index is 0.105. The van der Waals surface area contributed by atoms with Crippen molar-refractivity contribution in [2.75, 3.05) is 20.3 Å². The number of ether oxygens (including phenoxy) is 1. The fourth-order valence-corrected chi connectivity index (χ4v) is 2.45. The van der Waals surface area contributed by atoms with Crippen LogP contribution >= 0.6 is 0 Å². The third-order valence-corrected chi connectivity index (χ3v) is 3.64. The van der Waals surface area contributed by atoms with Gasteiger partial charge in [0.15, 0.2) is 0 Å². The van der Waals surface area contributed by atoms with E-state index in [-0.39, 0.29) is 12.1 Å². The van der Waals surface area contributed by atoms with Crippen LogP contribution in [-0.4, -0.2) is 37.2 Å². The third-order valence-electron chi connectivity index (χ3n) is 3.64. The molecule has 1 aliphatic carbocycles. The molecule has 1 fully saturated rings. The van der Waals surface area contributed by atoms with Crippen LogP contribution in [0.1, 0.15) is 38.0 Å². The highest BCUT2D eigenvalue weighted by molar-refractivity contribution is 5.09. The van der Waals surface area contributed by atoms with Crippen molar-refractivity contribution >= 4 is 0 Å². The Morgan fingerprint density at radius 1 is 1.56 bits per heavy atom. The molecule has 2 unspecified atom stereocenters. The average Bonchev–Trinajstić information content (AvgIpc) is 3.09. The van der Waals surface area contributed by atoms with Gasteiger partial charge in [0.2, 0.25) is 0 Å². The van der Waals surface area contributed by atoms with Gasteiger partial charge in [-0.1, -0.05) is 6.92 Å². The topological polar surface area (TPSA) is 51.6 Å². The fraction of sp³-hybridized carbons (Fsp3) is 0.714. The summed E-state index contributed by atoms with van der Waals surface area (Å²) in [5, 5.41) is 0. The lowest BCUT2D eigenvalue weighted by Gasteiger charge is -2.34. The molecule has 102 valence electrons. The van der Waals surface area contributed by atoms with Gasteiger partial charge < -0.3 is 14.9 Å². The molecule has 1 aromatic heterocycles. The maximum Gasteiger partial charge on any atom is 0.122 e. The highest BCUT2D eigenvalue weighted by Gasteiger charge is 2.37. The van der Waals surface area contributed by atoms with Crippen LogP contribution in [0.5, 0.6) is 0 Å². The second-order valence-corrected chi connectivity index (χ2v) is 4.99. The van der Waals surface area contributed by atoms with Gasteiger partial charge in [-0.3, -0.25) is 4.90 Å². The Labute approximate surface area is 109 Å². The molecule has 1 heterocycles. The number of nitrogens with two attached hydrogens (primary N) is 1. The number of methoxy groups -OCH3 is 1. The van der Waals surface area contributed by atoms with Gasteiger partial charge in [-0.05, 0) is 31.4 Å². The minimum Gasteiger partial charge on any atom is -0.468 e. The normalized spacial score (nSPS) is 19.1. The molecule has 1 saturated carbocycles. The van der Waals surface area contributed by atoms with Crippen LogP contribution in [0, 0.1) is 0 Å². The summed E-state index contributed by atoms with van der Waals surface area (Å²) in [7, 11) is 1.74. The highest BCUT2D eigenvalue weighted by atomic mass is 16.5. The highest BCUT2D eigenvalue weighted by Crippen LogP contribution is 2.36. The van der Waals surface area contributed by atoms with Gasteiger partial charge in [0.1, 0.15) is 5.76 Å². The lowest BCUT2D eigenvalue weighted by Crippen LogP contribution is -2.43. The van der Waals surface area contributed by atoms with E-state index in [1.54, 1.807) is 13.4 Å². The zero-order valence-electron chi connectivity index (χ0n) is 11.3. The summed E-state index contributed by atoms with van der Waals surface area (Å²) in [6.07, 6.45) is 5.20. The summed E-state index contributed by atoms with van der Waals surface area (Å²) in [6.45, 7) is 3.78. The molecule has 2 rings (SSSR count). The first-order chi connectivity index (χ1) is 8.77. The lowest BCUT2D eigenvalue weighted by atomic mass is 10.0. The summed E-state index contributed by atoms with van der Waals surface area (Å²) in [5.74, 6) is 0.979. The largest absolute Gasteiger partial charge is 0.468 e. The Morgan fingerprint density at radius 2 is 2.33 bits per heavy atom. The predicted molar refractivity (Wildman–Crippen MR) is 71.3 cm³/mol. The van der Waals surface area contributed by atoms with Crippen molar-refractivity contribution in [2.24, 2.45) is 5.73 Å². The second-order valence-electron chi connectivity index (χ2n) is 4.99. The molecular weight excluding hydrogens is 228 g/mol. The van der Waals surface area contributed by atoms with Gasteiger partial charge in [-0.25, -0.2) is 0 Å². The Bertz CT molecular complexity index is 336. The summed E-state index contributed by atoms with van der Waals surface area (Å²) >= 11 is 0. The smallest absolute Gasteiger partial charge is 0.122 e. The third kappa shape index (κ3) is 3.13. The molecule has 18 heavy (non-hydrogen) atoms. The van der Waals surface area contributed by atoms with E-state index in [4.69, 9.17) is 14.9 Å². The minimum atomic E-state index is 0.105. The number of hydrogen-bond acceptors (Lipinski definition) is 4. The van der Waals surface area contributed by atoms with Gasteiger partial charge in [0, 0.05) is 25.7 Å². The molecule has 0 saturated heterocycles. The van der Waals surface area contributed by atoms with E-state index in [0.717, 1.165) is 25.3 Å². The van der Waals surface area contributed by atoms with E-state index < -0.39 is 0 Å². The number of furan rings is 1. The van der Waals surface area contributed by atoms with Crippen LogP contribution in [0.3, 0.4) is 0 Å². The van der Waals surface area contributed by atoms with E-state index in [1.165, 1.54) is 12.8 Å². The van der Waals surface area contributed by atoms with Crippen LogP contribution in [0.15, 0.2) is 22.8 Å². The van der Waals surface area contributed by atoms with Crippen molar-refractivity contribution < 1.29 is 9.15 Å². The molecule has 2 atom stereocenters. The molecule has 0 aliphatic heterocycles. The van der Waals surface area contributed by atoms with Gasteiger partial charge in [0.25, 0.3) is 0 Å². The Hall–Kier alpha value is -0.840. The van der Waals surface area contributed by atoms with Crippen molar-refractivity contribution in [3.8, 4) is 0 Å². The molecule has 2 N–H and O–H groups in total. The van der Waals surface area contributed by atoms with Gasteiger partial charge in [-0.15, -0.1) is 0 Å². The Balaban J connectivity index is 2.14. The van der Waals surface area contributed by atoms with E-state index >= 15 is 0 Å². The Morgan fingerprint density at radius 3 is 2.83 bits per heavy atom. The molecule has 0 bridgehead atoms. The summed E-state index contributed by atoms with van der Waals surface area (Å²) in [6, 6.07) is 4.89. The zero-order valence-corrected chi connectivity index (χ0v) is 11.3. The maximum atomic E-state index is 6.30. The first kappa shape index (κ1) is 13.6. The fourth-order valence-electron chi connectivity index (χ4n) is 2.45. The first-order valence-electron chi connectivity index (χ1n) is 6.81. The van der Waals surface area contributed by atoms with Gasteiger partial charge in [0.05, 0.1) is 18.9 Å². The van der Waals surface area contributed by atoms with E-state index in [9.17, 15) is 0 Å². The molecule has 0 radical (unpaired) electrons. The quantitative estimate of drug-likeness (QED) is 0.770. The average molecular weight is 252 g/mol. The van der Waals surface area contributed by atoms with E-state index in [1.807, 2.05) is 12.1 Å².